The topological polar surface area (TPSA) is 95.1 Å². The lowest BCUT2D eigenvalue weighted by Gasteiger charge is -2.13. The van der Waals surface area contributed by atoms with Gasteiger partial charge in [0, 0.05) is 18.2 Å². The monoisotopic (exact) mass is 317 g/mol. The van der Waals surface area contributed by atoms with Gasteiger partial charge >= 0.3 is 5.97 Å². The Balaban J connectivity index is 1.64. The predicted octanol–water partition coefficient (Wildman–Crippen LogP) is 2.02. The lowest BCUT2D eigenvalue weighted by molar-refractivity contribution is -0.138. The Hall–Kier alpha value is -2.70. The number of rotatable bonds is 6. The molecule has 0 aliphatic heterocycles. The Labute approximate surface area is 131 Å². The Morgan fingerprint density at radius 2 is 2.04 bits per heavy atom. The van der Waals surface area contributed by atoms with E-state index >= 15 is 0 Å². The molecular formula is C16H16FN3O3. The summed E-state index contributed by atoms with van der Waals surface area (Å²) in [6, 6.07) is 6.89. The van der Waals surface area contributed by atoms with Gasteiger partial charge in [-0.2, -0.15) is 5.10 Å². The first kappa shape index (κ1) is 15.2. The standard InChI is InChI=1S/C16H16FN3O3/c17-11-5-3-9(4-6-11)12(16(22)23)8-18-15(21)14-7-13(19-20-14)10-1-2-10/h3-7,10,12H,1-2,8H2,(H,18,21)(H,19,20)(H,22,23). The zero-order chi connectivity index (χ0) is 16.4. The number of nitrogens with zero attached hydrogens (tertiary/aromatic N) is 1. The molecule has 1 aromatic heterocycles. The van der Waals surface area contributed by atoms with Gasteiger partial charge in [0.25, 0.3) is 5.91 Å². The van der Waals surface area contributed by atoms with E-state index in [1.54, 1.807) is 6.07 Å². The van der Waals surface area contributed by atoms with E-state index in [1.807, 2.05) is 0 Å². The number of carboxylic acids is 1. The highest BCUT2D eigenvalue weighted by molar-refractivity contribution is 5.92. The van der Waals surface area contributed by atoms with Crippen molar-refractivity contribution in [2.45, 2.75) is 24.7 Å². The van der Waals surface area contributed by atoms with Gasteiger partial charge in [0.2, 0.25) is 0 Å². The minimum atomic E-state index is -1.09. The van der Waals surface area contributed by atoms with Crippen LogP contribution in [0.5, 0.6) is 0 Å². The number of hydrogen-bond acceptors (Lipinski definition) is 3. The van der Waals surface area contributed by atoms with Crippen molar-refractivity contribution in [3.8, 4) is 0 Å². The summed E-state index contributed by atoms with van der Waals surface area (Å²) < 4.78 is 12.9. The first-order valence-corrected chi connectivity index (χ1v) is 7.36. The molecule has 1 heterocycles. The fourth-order valence-corrected chi connectivity index (χ4v) is 2.38. The molecule has 1 saturated carbocycles. The fourth-order valence-electron chi connectivity index (χ4n) is 2.38. The van der Waals surface area contributed by atoms with Gasteiger partial charge in [-0.1, -0.05) is 12.1 Å². The molecule has 0 radical (unpaired) electrons. The normalized spacial score (nSPS) is 15.2. The molecule has 7 heteroatoms. The van der Waals surface area contributed by atoms with Gasteiger partial charge in [-0.25, -0.2) is 4.39 Å². The first-order chi connectivity index (χ1) is 11.0. The number of carbonyl (C=O) groups is 2. The number of aromatic nitrogens is 2. The van der Waals surface area contributed by atoms with E-state index in [4.69, 9.17) is 0 Å². The van der Waals surface area contributed by atoms with Gasteiger partial charge in [0.15, 0.2) is 0 Å². The molecule has 0 saturated heterocycles. The number of H-pyrrole nitrogens is 1. The van der Waals surface area contributed by atoms with E-state index in [-0.39, 0.29) is 12.2 Å². The third-order valence-electron chi connectivity index (χ3n) is 3.88. The maximum Gasteiger partial charge on any atom is 0.312 e. The molecule has 1 atom stereocenters. The van der Waals surface area contributed by atoms with Crippen molar-refractivity contribution in [1.82, 2.24) is 15.5 Å². The third-order valence-corrected chi connectivity index (χ3v) is 3.88. The number of nitrogens with one attached hydrogen (secondary N) is 2. The second kappa shape index (κ2) is 6.20. The van der Waals surface area contributed by atoms with Crippen molar-refractivity contribution in [2.75, 3.05) is 6.54 Å². The minimum Gasteiger partial charge on any atom is -0.481 e. The van der Waals surface area contributed by atoms with Crippen LogP contribution in [0.15, 0.2) is 30.3 Å². The molecule has 1 unspecified atom stereocenters. The summed E-state index contributed by atoms with van der Waals surface area (Å²) in [4.78, 5) is 23.4. The van der Waals surface area contributed by atoms with Crippen LogP contribution in [0, 0.1) is 5.82 Å². The molecule has 2 aromatic rings. The van der Waals surface area contributed by atoms with Crippen LogP contribution in [0.3, 0.4) is 0 Å². The lowest BCUT2D eigenvalue weighted by atomic mass is 9.99. The van der Waals surface area contributed by atoms with Gasteiger partial charge in [-0.15, -0.1) is 0 Å². The lowest BCUT2D eigenvalue weighted by Crippen LogP contribution is -2.32. The Morgan fingerprint density at radius 1 is 1.35 bits per heavy atom. The van der Waals surface area contributed by atoms with E-state index in [0.717, 1.165) is 18.5 Å². The summed E-state index contributed by atoms with van der Waals surface area (Å²) in [6.07, 6.45) is 2.18. The first-order valence-electron chi connectivity index (χ1n) is 7.36. The summed E-state index contributed by atoms with van der Waals surface area (Å²) in [5.74, 6) is -2.44. The molecule has 3 rings (SSSR count). The van der Waals surface area contributed by atoms with Crippen LogP contribution in [0.25, 0.3) is 0 Å². The van der Waals surface area contributed by atoms with Gasteiger partial charge in [0.1, 0.15) is 11.5 Å². The minimum absolute atomic E-state index is 0.0918. The highest BCUT2D eigenvalue weighted by atomic mass is 19.1. The smallest absolute Gasteiger partial charge is 0.312 e. The summed E-state index contributed by atoms with van der Waals surface area (Å²) in [5.41, 5.74) is 1.61. The van der Waals surface area contributed by atoms with Crippen molar-refractivity contribution in [1.29, 1.82) is 0 Å². The van der Waals surface area contributed by atoms with E-state index in [2.05, 4.69) is 15.5 Å². The second-order valence-electron chi connectivity index (χ2n) is 5.64. The third kappa shape index (κ3) is 3.56. The second-order valence-corrected chi connectivity index (χ2v) is 5.64. The summed E-state index contributed by atoms with van der Waals surface area (Å²) in [5, 5.41) is 18.6. The molecule has 0 bridgehead atoms. The summed E-state index contributed by atoms with van der Waals surface area (Å²) in [7, 11) is 0. The molecule has 1 amide bonds. The van der Waals surface area contributed by atoms with E-state index < -0.39 is 23.6 Å². The molecule has 6 nitrogen and oxygen atoms in total. The van der Waals surface area contributed by atoms with Crippen LogP contribution in [-0.2, 0) is 4.79 Å². The molecule has 0 spiro atoms. The van der Waals surface area contributed by atoms with Gasteiger partial charge in [0.05, 0.1) is 5.92 Å². The molecular weight excluding hydrogens is 301 g/mol. The highest BCUT2D eigenvalue weighted by Gasteiger charge is 2.27. The average molecular weight is 317 g/mol. The van der Waals surface area contributed by atoms with Gasteiger partial charge in [-0.3, -0.25) is 14.7 Å². The van der Waals surface area contributed by atoms with Crippen molar-refractivity contribution in [3.05, 3.63) is 53.1 Å². The maximum absolute atomic E-state index is 12.9. The molecule has 1 aliphatic rings. The van der Waals surface area contributed by atoms with Gasteiger partial charge in [-0.05, 0) is 36.6 Å². The van der Waals surface area contributed by atoms with Crippen LogP contribution in [0.1, 0.15) is 46.4 Å². The number of aliphatic carboxylic acids is 1. The summed E-state index contributed by atoms with van der Waals surface area (Å²) in [6.45, 7) is -0.0918. The molecule has 3 N–H and O–H groups in total. The number of amides is 1. The molecule has 23 heavy (non-hydrogen) atoms. The summed E-state index contributed by atoms with van der Waals surface area (Å²) >= 11 is 0. The number of benzene rings is 1. The predicted molar refractivity (Wildman–Crippen MR) is 79.7 cm³/mol. The Bertz CT molecular complexity index is 722. The van der Waals surface area contributed by atoms with Crippen molar-refractivity contribution in [3.63, 3.8) is 0 Å². The fraction of sp³-hybridized carbons (Fsp3) is 0.312. The van der Waals surface area contributed by atoms with Crippen LogP contribution >= 0.6 is 0 Å². The number of aromatic amines is 1. The van der Waals surface area contributed by atoms with Crippen LogP contribution in [0.2, 0.25) is 0 Å². The number of halogens is 1. The zero-order valence-corrected chi connectivity index (χ0v) is 12.3. The van der Waals surface area contributed by atoms with Crippen LogP contribution in [0.4, 0.5) is 4.39 Å². The van der Waals surface area contributed by atoms with Gasteiger partial charge < -0.3 is 10.4 Å². The number of hydrogen-bond donors (Lipinski definition) is 3. The Morgan fingerprint density at radius 3 is 2.65 bits per heavy atom. The van der Waals surface area contributed by atoms with Crippen molar-refractivity contribution >= 4 is 11.9 Å². The number of carboxylic acid groups (broad SMARTS) is 1. The zero-order valence-electron chi connectivity index (χ0n) is 12.3. The van der Waals surface area contributed by atoms with E-state index in [0.29, 0.717) is 11.5 Å². The largest absolute Gasteiger partial charge is 0.481 e. The van der Waals surface area contributed by atoms with Crippen LogP contribution in [-0.4, -0.2) is 33.7 Å². The number of carbonyl (C=O) groups excluding carboxylic acids is 1. The van der Waals surface area contributed by atoms with Crippen molar-refractivity contribution < 1.29 is 19.1 Å². The Kier molecular flexibility index (Phi) is 4.10. The SMILES string of the molecule is O=C(NCC(C(=O)O)c1ccc(F)cc1)c1cc(C2CC2)[nH]n1. The maximum atomic E-state index is 12.9. The molecule has 1 aromatic carbocycles. The van der Waals surface area contributed by atoms with E-state index in [1.165, 1.54) is 24.3 Å². The average Bonchev–Trinajstić information content (AvgIpc) is 3.26. The van der Waals surface area contributed by atoms with Crippen molar-refractivity contribution in [2.24, 2.45) is 0 Å². The quantitative estimate of drug-likeness (QED) is 0.759. The van der Waals surface area contributed by atoms with Crippen LogP contribution < -0.4 is 5.32 Å². The van der Waals surface area contributed by atoms with E-state index in [9.17, 15) is 19.1 Å². The highest BCUT2D eigenvalue weighted by Crippen LogP contribution is 2.38. The molecule has 120 valence electrons. The molecule has 1 aliphatic carbocycles. The molecule has 1 fully saturated rings.